The van der Waals surface area contributed by atoms with Crippen LogP contribution in [0.5, 0.6) is 11.5 Å². The van der Waals surface area contributed by atoms with E-state index in [0.717, 1.165) is 0 Å². The third kappa shape index (κ3) is 2.68. The second-order valence-electron chi connectivity index (χ2n) is 3.48. The molecule has 5 heteroatoms. The maximum atomic E-state index is 13.4. The third-order valence-electron chi connectivity index (χ3n) is 2.23. The molecule has 0 aliphatic rings. The van der Waals surface area contributed by atoms with E-state index < -0.39 is 11.8 Å². The van der Waals surface area contributed by atoms with Gasteiger partial charge in [-0.25, -0.2) is 9.18 Å². The molecule has 0 spiro atoms. The van der Waals surface area contributed by atoms with Crippen molar-refractivity contribution in [1.82, 2.24) is 0 Å². The number of carboxylic acid groups (broad SMARTS) is 1. The Kier molecular flexibility index (Phi) is 3.62. The molecular weight excluding hydrogens is 303 g/mol. The Labute approximate surface area is 111 Å². The number of hydrogen-bond acceptors (Lipinski definition) is 2. The highest BCUT2D eigenvalue weighted by Crippen LogP contribution is 2.30. The van der Waals surface area contributed by atoms with E-state index in [4.69, 9.17) is 9.84 Å². The first kappa shape index (κ1) is 12.6. The van der Waals surface area contributed by atoms with E-state index in [-0.39, 0.29) is 17.1 Å². The fourth-order valence-corrected chi connectivity index (χ4v) is 1.74. The van der Waals surface area contributed by atoms with Crippen molar-refractivity contribution in [3.05, 3.63) is 58.3 Å². The van der Waals surface area contributed by atoms with Crippen LogP contribution in [0.3, 0.4) is 0 Å². The molecule has 0 aliphatic heterocycles. The summed E-state index contributed by atoms with van der Waals surface area (Å²) in [5.41, 5.74) is -0.0264. The van der Waals surface area contributed by atoms with Crippen molar-refractivity contribution in [3.8, 4) is 11.5 Å². The number of ether oxygens (including phenoxy) is 1. The molecule has 0 radical (unpaired) electrons. The molecule has 2 rings (SSSR count). The Hall–Kier alpha value is -1.88. The van der Waals surface area contributed by atoms with Gasteiger partial charge in [-0.15, -0.1) is 0 Å². The monoisotopic (exact) mass is 310 g/mol. The summed E-state index contributed by atoms with van der Waals surface area (Å²) >= 11 is 3.21. The van der Waals surface area contributed by atoms with Crippen molar-refractivity contribution >= 4 is 21.9 Å². The van der Waals surface area contributed by atoms with E-state index in [1.54, 1.807) is 12.1 Å². The topological polar surface area (TPSA) is 46.5 Å². The van der Waals surface area contributed by atoms with Crippen molar-refractivity contribution < 1.29 is 19.0 Å². The van der Waals surface area contributed by atoms with Crippen molar-refractivity contribution in [2.45, 2.75) is 0 Å². The number of hydrogen-bond donors (Lipinski definition) is 1. The predicted molar refractivity (Wildman–Crippen MR) is 67.6 cm³/mol. The lowest BCUT2D eigenvalue weighted by molar-refractivity contribution is 0.0694. The molecule has 0 aromatic heterocycles. The molecule has 0 heterocycles. The zero-order valence-corrected chi connectivity index (χ0v) is 10.6. The number of carbonyl (C=O) groups is 1. The van der Waals surface area contributed by atoms with Crippen LogP contribution in [0.15, 0.2) is 46.9 Å². The number of para-hydroxylation sites is 1. The Morgan fingerprint density at radius 3 is 2.56 bits per heavy atom. The summed E-state index contributed by atoms with van der Waals surface area (Å²) in [6, 6.07) is 10.3. The summed E-state index contributed by atoms with van der Waals surface area (Å²) in [5, 5.41) is 9.01. The minimum absolute atomic E-state index is 0.0156. The van der Waals surface area contributed by atoms with Crippen LogP contribution in [-0.4, -0.2) is 11.1 Å². The van der Waals surface area contributed by atoms with Crippen LogP contribution >= 0.6 is 15.9 Å². The normalized spacial score (nSPS) is 10.1. The maximum absolute atomic E-state index is 13.4. The Morgan fingerprint density at radius 1 is 1.17 bits per heavy atom. The summed E-state index contributed by atoms with van der Waals surface area (Å²) < 4.78 is 19.4. The van der Waals surface area contributed by atoms with Crippen LogP contribution in [0.2, 0.25) is 0 Å². The van der Waals surface area contributed by atoms with Crippen LogP contribution < -0.4 is 4.74 Å². The molecule has 3 nitrogen and oxygen atoms in total. The molecule has 0 saturated carbocycles. The van der Waals surface area contributed by atoms with E-state index in [9.17, 15) is 9.18 Å². The van der Waals surface area contributed by atoms with Gasteiger partial charge in [-0.3, -0.25) is 0 Å². The van der Waals surface area contributed by atoms with Gasteiger partial charge in [0.05, 0.1) is 0 Å². The van der Waals surface area contributed by atoms with E-state index in [2.05, 4.69) is 15.9 Å². The summed E-state index contributed by atoms with van der Waals surface area (Å²) in [7, 11) is 0. The van der Waals surface area contributed by atoms with Gasteiger partial charge in [-0.05, 0) is 30.3 Å². The van der Waals surface area contributed by atoms with Crippen molar-refractivity contribution in [2.75, 3.05) is 0 Å². The number of aromatic carboxylic acids is 1. The molecule has 0 atom stereocenters. The highest BCUT2D eigenvalue weighted by Gasteiger charge is 2.13. The first-order valence-electron chi connectivity index (χ1n) is 5.03. The highest BCUT2D eigenvalue weighted by molar-refractivity contribution is 9.10. The number of carboxylic acids is 1. The van der Waals surface area contributed by atoms with Gasteiger partial charge in [0.2, 0.25) is 0 Å². The average Bonchev–Trinajstić information content (AvgIpc) is 2.32. The van der Waals surface area contributed by atoms with Crippen LogP contribution in [0.4, 0.5) is 4.39 Å². The maximum Gasteiger partial charge on any atom is 0.339 e. The van der Waals surface area contributed by atoms with Crippen molar-refractivity contribution in [2.24, 2.45) is 0 Å². The standard InChI is InChI=1S/C13H8BrFO3/c14-8-5-6-9(13(16)17)12(7-8)18-11-4-2-1-3-10(11)15/h1-7H,(H,16,17). The first-order chi connectivity index (χ1) is 8.58. The largest absolute Gasteiger partial charge is 0.478 e. The molecule has 0 aliphatic carbocycles. The van der Waals surface area contributed by atoms with E-state index >= 15 is 0 Å². The first-order valence-corrected chi connectivity index (χ1v) is 5.82. The Balaban J connectivity index is 2.42. The molecule has 92 valence electrons. The molecule has 0 amide bonds. The smallest absolute Gasteiger partial charge is 0.339 e. The lowest BCUT2D eigenvalue weighted by Crippen LogP contribution is -2.00. The van der Waals surface area contributed by atoms with E-state index in [0.29, 0.717) is 4.47 Å². The van der Waals surface area contributed by atoms with Gasteiger partial charge in [0.1, 0.15) is 11.3 Å². The van der Waals surface area contributed by atoms with Gasteiger partial charge in [-0.1, -0.05) is 28.1 Å². The second-order valence-corrected chi connectivity index (χ2v) is 4.39. The summed E-state index contributed by atoms with van der Waals surface area (Å²) in [6.45, 7) is 0. The molecular formula is C13H8BrFO3. The van der Waals surface area contributed by atoms with Crippen LogP contribution in [0, 0.1) is 5.82 Å². The minimum Gasteiger partial charge on any atom is -0.478 e. The highest BCUT2D eigenvalue weighted by atomic mass is 79.9. The van der Waals surface area contributed by atoms with Gasteiger partial charge in [0, 0.05) is 4.47 Å². The zero-order valence-electron chi connectivity index (χ0n) is 9.06. The van der Waals surface area contributed by atoms with Crippen molar-refractivity contribution in [3.63, 3.8) is 0 Å². The Morgan fingerprint density at radius 2 is 1.89 bits per heavy atom. The quantitative estimate of drug-likeness (QED) is 0.929. The fourth-order valence-electron chi connectivity index (χ4n) is 1.40. The SMILES string of the molecule is O=C(O)c1ccc(Br)cc1Oc1ccccc1F. The molecule has 0 unspecified atom stereocenters. The summed E-state index contributed by atoms with van der Waals surface area (Å²) in [6.07, 6.45) is 0. The second kappa shape index (κ2) is 5.18. The fraction of sp³-hybridized carbons (Fsp3) is 0. The van der Waals surface area contributed by atoms with Crippen LogP contribution in [-0.2, 0) is 0 Å². The molecule has 0 saturated heterocycles. The lowest BCUT2D eigenvalue weighted by Gasteiger charge is -2.09. The predicted octanol–water partition coefficient (Wildman–Crippen LogP) is 4.08. The lowest BCUT2D eigenvalue weighted by atomic mass is 10.2. The van der Waals surface area contributed by atoms with Crippen LogP contribution in [0.1, 0.15) is 10.4 Å². The number of halogens is 2. The average molecular weight is 311 g/mol. The summed E-state index contributed by atoms with van der Waals surface area (Å²) in [4.78, 5) is 11.0. The molecule has 0 fully saturated rings. The third-order valence-corrected chi connectivity index (χ3v) is 2.72. The molecule has 0 bridgehead atoms. The Bertz CT molecular complexity index is 599. The van der Waals surface area contributed by atoms with Gasteiger partial charge < -0.3 is 9.84 Å². The van der Waals surface area contributed by atoms with Gasteiger partial charge >= 0.3 is 5.97 Å². The molecule has 2 aromatic carbocycles. The summed E-state index contributed by atoms with van der Waals surface area (Å²) in [5.74, 6) is -1.61. The molecule has 1 N–H and O–H groups in total. The minimum atomic E-state index is -1.13. The van der Waals surface area contributed by atoms with Crippen molar-refractivity contribution in [1.29, 1.82) is 0 Å². The van der Waals surface area contributed by atoms with Crippen LogP contribution in [0.25, 0.3) is 0 Å². The number of rotatable bonds is 3. The number of benzene rings is 2. The van der Waals surface area contributed by atoms with Gasteiger partial charge in [-0.2, -0.15) is 0 Å². The zero-order chi connectivity index (χ0) is 13.1. The molecule has 18 heavy (non-hydrogen) atoms. The molecule has 2 aromatic rings. The van der Waals surface area contributed by atoms with E-state index in [1.165, 1.54) is 30.3 Å². The van der Waals surface area contributed by atoms with Gasteiger partial charge in [0.15, 0.2) is 11.6 Å². The van der Waals surface area contributed by atoms with Gasteiger partial charge in [0.25, 0.3) is 0 Å². The van der Waals surface area contributed by atoms with E-state index in [1.807, 2.05) is 0 Å².